The lowest BCUT2D eigenvalue weighted by molar-refractivity contribution is -0.137. The first-order valence-electron chi connectivity index (χ1n) is 10.1. The van der Waals surface area contributed by atoms with Gasteiger partial charge >= 0.3 is 6.18 Å². The summed E-state index contributed by atoms with van der Waals surface area (Å²) in [6.07, 6.45) is 1.46. The molecule has 1 aliphatic heterocycles. The van der Waals surface area contributed by atoms with E-state index in [0.29, 0.717) is 18.2 Å². The molecule has 0 radical (unpaired) electrons. The molecular weight excluding hydrogens is 397 g/mol. The molecule has 0 spiro atoms. The van der Waals surface area contributed by atoms with Crippen LogP contribution < -0.4 is 10.2 Å². The highest BCUT2D eigenvalue weighted by atomic mass is 19.4. The largest absolute Gasteiger partial charge is 0.416 e. The monoisotopic (exact) mass is 420 g/mol. The van der Waals surface area contributed by atoms with Crippen LogP contribution in [0.5, 0.6) is 0 Å². The van der Waals surface area contributed by atoms with Crippen LogP contribution in [-0.4, -0.2) is 34.7 Å². The van der Waals surface area contributed by atoms with Crippen molar-refractivity contribution < 1.29 is 22.8 Å². The second-order valence-corrected chi connectivity index (χ2v) is 8.02. The van der Waals surface area contributed by atoms with Gasteiger partial charge in [-0.2, -0.15) is 18.3 Å². The zero-order valence-corrected chi connectivity index (χ0v) is 16.6. The van der Waals surface area contributed by atoms with E-state index in [-0.39, 0.29) is 29.8 Å². The predicted molar refractivity (Wildman–Crippen MR) is 104 cm³/mol. The molecule has 0 saturated heterocycles. The Balaban J connectivity index is 1.57. The van der Waals surface area contributed by atoms with Gasteiger partial charge in [-0.3, -0.25) is 14.3 Å². The standard InChI is InChI=1S/C21H23F3N4O2/c1-13-12-27(16-8-6-15(7-9-16)21(22,23)24)20(30)18-17(11-26-28(13)18)19(29)25-10-14-4-2-3-5-14/h6-9,11,13-14H,2-5,10,12H2,1H3,(H,25,29). The van der Waals surface area contributed by atoms with E-state index in [0.717, 1.165) is 25.0 Å². The summed E-state index contributed by atoms with van der Waals surface area (Å²) in [6.45, 7) is 2.66. The van der Waals surface area contributed by atoms with Gasteiger partial charge in [0.1, 0.15) is 5.69 Å². The summed E-state index contributed by atoms with van der Waals surface area (Å²) in [5, 5.41) is 7.13. The Morgan fingerprint density at radius 2 is 1.87 bits per heavy atom. The van der Waals surface area contributed by atoms with Crippen LogP contribution in [0.3, 0.4) is 0 Å². The number of benzene rings is 1. The zero-order chi connectivity index (χ0) is 21.5. The average Bonchev–Trinajstić information content (AvgIpc) is 3.38. The second-order valence-electron chi connectivity index (χ2n) is 8.02. The first-order valence-corrected chi connectivity index (χ1v) is 10.1. The van der Waals surface area contributed by atoms with Crippen LogP contribution in [0.15, 0.2) is 30.5 Å². The molecule has 1 saturated carbocycles. The van der Waals surface area contributed by atoms with E-state index >= 15 is 0 Å². The molecule has 4 rings (SSSR count). The van der Waals surface area contributed by atoms with Gasteiger partial charge in [0.25, 0.3) is 11.8 Å². The third-order valence-electron chi connectivity index (χ3n) is 5.88. The first kappa shape index (κ1) is 20.4. The molecule has 2 amide bonds. The molecule has 1 aromatic heterocycles. The Bertz CT molecular complexity index is 946. The Hall–Kier alpha value is -2.84. The SMILES string of the molecule is CC1CN(c2ccc(C(F)(F)F)cc2)C(=O)c2c(C(=O)NCC3CCCC3)cnn21. The van der Waals surface area contributed by atoms with Gasteiger partial charge in [0.2, 0.25) is 0 Å². The van der Waals surface area contributed by atoms with E-state index in [4.69, 9.17) is 0 Å². The smallest absolute Gasteiger partial charge is 0.352 e. The number of nitrogens with zero attached hydrogens (tertiary/aromatic N) is 3. The third kappa shape index (κ3) is 3.80. The van der Waals surface area contributed by atoms with Crippen LogP contribution in [0, 0.1) is 5.92 Å². The van der Waals surface area contributed by atoms with E-state index < -0.39 is 17.6 Å². The molecule has 2 aromatic rings. The maximum atomic E-state index is 13.2. The molecule has 0 bridgehead atoms. The second kappa shape index (κ2) is 7.77. The summed E-state index contributed by atoms with van der Waals surface area (Å²) in [5.41, 5.74) is -0.0654. The summed E-state index contributed by atoms with van der Waals surface area (Å²) in [4.78, 5) is 27.3. The number of anilines is 1. The van der Waals surface area contributed by atoms with Crippen molar-refractivity contribution in [1.82, 2.24) is 15.1 Å². The molecule has 1 atom stereocenters. The van der Waals surface area contributed by atoms with Crippen LogP contribution in [-0.2, 0) is 6.18 Å². The summed E-state index contributed by atoms with van der Waals surface area (Å²) >= 11 is 0. The number of halogens is 3. The van der Waals surface area contributed by atoms with E-state index in [9.17, 15) is 22.8 Å². The van der Waals surface area contributed by atoms with Gasteiger partial charge in [-0.05, 0) is 49.9 Å². The predicted octanol–water partition coefficient (Wildman–Crippen LogP) is 4.04. The number of amides is 2. The minimum atomic E-state index is -4.44. The van der Waals surface area contributed by atoms with Crippen molar-refractivity contribution in [2.75, 3.05) is 18.0 Å². The highest BCUT2D eigenvalue weighted by Crippen LogP contribution is 2.33. The lowest BCUT2D eigenvalue weighted by Crippen LogP contribution is -2.44. The fourth-order valence-corrected chi connectivity index (χ4v) is 4.23. The highest BCUT2D eigenvalue weighted by Gasteiger charge is 2.36. The number of fused-ring (bicyclic) bond motifs is 1. The molecule has 160 valence electrons. The molecule has 9 heteroatoms. The molecule has 2 heterocycles. The number of alkyl halides is 3. The molecular formula is C21H23F3N4O2. The van der Waals surface area contributed by atoms with Crippen molar-refractivity contribution >= 4 is 17.5 Å². The van der Waals surface area contributed by atoms with E-state index in [1.807, 2.05) is 6.92 Å². The number of rotatable bonds is 4. The number of nitrogens with one attached hydrogen (secondary N) is 1. The number of hydrogen-bond donors (Lipinski definition) is 1. The van der Waals surface area contributed by atoms with Crippen molar-refractivity contribution in [3.63, 3.8) is 0 Å². The molecule has 1 N–H and O–H groups in total. The van der Waals surface area contributed by atoms with Gasteiger partial charge in [0.05, 0.1) is 23.4 Å². The summed E-state index contributed by atoms with van der Waals surface area (Å²) in [6, 6.07) is 4.23. The Morgan fingerprint density at radius 1 is 1.20 bits per heavy atom. The zero-order valence-electron chi connectivity index (χ0n) is 16.6. The summed E-state index contributed by atoms with van der Waals surface area (Å²) in [7, 11) is 0. The van der Waals surface area contributed by atoms with Crippen molar-refractivity contribution in [1.29, 1.82) is 0 Å². The van der Waals surface area contributed by atoms with Crippen LogP contribution in [0.25, 0.3) is 0 Å². The number of carbonyl (C=O) groups excluding carboxylic acids is 2. The van der Waals surface area contributed by atoms with E-state index in [1.54, 1.807) is 0 Å². The van der Waals surface area contributed by atoms with Gasteiger partial charge in [0.15, 0.2) is 0 Å². The summed E-state index contributed by atoms with van der Waals surface area (Å²) in [5.74, 6) is -0.340. The number of hydrogen-bond acceptors (Lipinski definition) is 3. The molecule has 1 aliphatic carbocycles. The lowest BCUT2D eigenvalue weighted by Gasteiger charge is -2.32. The van der Waals surface area contributed by atoms with Gasteiger partial charge in [-0.1, -0.05) is 12.8 Å². The molecule has 30 heavy (non-hydrogen) atoms. The van der Waals surface area contributed by atoms with Gasteiger partial charge in [-0.25, -0.2) is 0 Å². The summed E-state index contributed by atoms with van der Waals surface area (Å²) < 4.78 is 40.1. The van der Waals surface area contributed by atoms with Gasteiger partial charge in [-0.15, -0.1) is 0 Å². The Kier molecular flexibility index (Phi) is 5.29. The lowest BCUT2D eigenvalue weighted by atomic mass is 10.1. The molecule has 1 aromatic carbocycles. The molecule has 2 aliphatic rings. The molecule has 1 unspecified atom stereocenters. The van der Waals surface area contributed by atoms with E-state index in [2.05, 4.69) is 10.4 Å². The average molecular weight is 420 g/mol. The van der Waals surface area contributed by atoms with Gasteiger partial charge in [0, 0.05) is 18.8 Å². The minimum absolute atomic E-state index is 0.164. The van der Waals surface area contributed by atoms with Crippen molar-refractivity contribution in [2.24, 2.45) is 5.92 Å². The van der Waals surface area contributed by atoms with Crippen LogP contribution in [0.4, 0.5) is 18.9 Å². The maximum absolute atomic E-state index is 13.2. The topological polar surface area (TPSA) is 67.2 Å². The van der Waals surface area contributed by atoms with Crippen molar-refractivity contribution in [3.05, 3.63) is 47.3 Å². The fourth-order valence-electron chi connectivity index (χ4n) is 4.23. The van der Waals surface area contributed by atoms with Crippen LogP contribution in [0.2, 0.25) is 0 Å². The third-order valence-corrected chi connectivity index (χ3v) is 5.88. The van der Waals surface area contributed by atoms with Crippen molar-refractivity contribution in [3.8, 4) is 0 Å². The first-order chi connectivity index (χ1) is 14.3. The minimum Gasteiger partial charge on any atom is -0.352 e. The quantitative estimate of drug-likeness (QED) is 0.812. The van der Waals surface area contributed by atoms with E-state index in [1.165, 1.54) is 40.8 Å². The maximum Gasteiger partial charge on any atom is 0.416 e. The van der Waals surface area contributed by atoms with Crippen molar-refractivity contribution in [2.45, 2.75) is 44.8 Å². The normalized spacial score (nSPS) is 19.8. The Morgan fingerprint density at radius 3 is 2.50 bits per heavy atom. The Labute approximate surface area is 172 Å². The van der Waals surface area contributed by atoms with Crippen LogP contribution in [0.1, 0.15) is 65.1 Å². The molecule has 1 fully saturated rings. The van der Waals surface area contributed by atoms with Gasteiger partial charge < -0.3 is 10.2 Å². The highest BCUT2D eigenvalue weighted by molar-refractivity contribution is 6.12. The number of aromatic nitrogens is 2. The van der Waals surface area contributed by atoms with Crippen LogP contribution >= 0.6 is 0 Å². The number of carbonyl (C=O) groups is 2. The molecule has 6 nitrogen and oxygen atoms in total. The fraction of sp³-hybridized carbons (Fsp3) is 0.476.